The Morgan fingerprint density at radius 1 is 1.04 bits per heavy atom. The largest absolute Gasteiger partial charge is 0.390 e. The van der Waals surface area contributed by atoms with E-state index in [4.69, 9.17) is 10.2 Å². The molecule has 2 aromatic carbocycles. The molecule has 0 fully saturated rings. The molecule has 0 aliphatic heterocycles. The first-order valence-electron chi connectivity index (χ1n) is 7.47. The van der Waals surface area contributed by atoms with Crippen molar-refractivity contribution in [3.63, 3.8) is 0 Å². The van der Waals surface area contributed by atoms with Crippen LogP contribution in [0.25, 0.3) is 0 Å². The van der Waals surface area contributed by atoms with Gasteiger partial charge in [-0.25, -0.2) is 0 Å². The number of aromatic nitrogens is 2. The van der Waals surface area contributed by atoms with Crippen molar-refractivity contribution in [2.24, 2.45) is 4.99 Å². The quantitative estimate of drug-likeness (QED) is 0.674. The van der Waals surface area contributed by atoms with Crippen LogP contribution < -0.4 is 22.1 Å². The molecule has 8 heteroatoms. The van der Waals surface area contributed by atoms with Crippen molar-refractivity contribution in [2.45, 2.75) is 6.92 Å². The summed E-state index contributed by atoms with van der Waals surface area (Å²) < 4.78 is 5.23. The normalized spacial score (nSPS) is 11.2. The van der Waals surface area contributed by atoms with Crippen LogP contribution in [0.15, 0.2) is 64.0 Å². The molecule has 4 N–H and O–H groups in total. The van der Waals surface area contributed by atoms with E-state index in [1.54, 1.807) is 24.3 Å². The minimum absolute atomic E-state index is 0.0537. The van der Waals surface area contributed by atoms with Gasteiger partial charge in [0, 0.05) is 18.3 Å². The van der Waals surface area contributed by atoms with Gasteiger partial charge >= 0.3 is 5.68 Å². The molecule has 126 valence electrons. The van der Waals surface area contributed by atoms with E-state index in [2.05, 4.69) is 25.6 Å². The van der Waals surface area contributed by atoms with Crippen LogP contribution in [0.1, 0.15) is 6.92 Å². The van der Waals surface area contributed by atoms with Gasteiger partial charge in [0.25, 0.3) is 6.01 Å². The molecule has 8 nitrogen and oxygen atoms in total. The standard InChI is InChI=1S/C17H16N6O2/c1-11(24)19-13-7-9-14(10-8-13)21-17-23-16(22-15(18)25-17)20-12-5-3-2-4-6-12/h2-10H,1H3,(H,19,24)(H3,18,20,21,22,23). The van der Waals surface area contributed by atoms with Crippen LogP contribution in [0.4, 0.5) is 29.0 Å². The summed E-state index contributed by atoms with van der Waals surface area (Å²) in [6.45, 7) is 1.45. The van der Waals surface area contributed by atoms with Crippen molar-refractivity contribution >= 4 is 34.9 Å². The number of anilines is 4. The molecule has 25 heavy (non-hydrogen) atoms. The predicted molar refractivity (Wildman–Crippen MR) is 94.4 cm³/mol. The number of rotatable bonds is 4. The fraction of sp³-hybridized carbons (Fsp3) is 0.0588. The molecule has 1 aromatic heterocycles. The van der Waals surface area contributed by atoms with Gasteiger partial charge in [0.1, 0.15) is 0 Å². The van der Waals surface area contributed by atoms with E-state index in [9.17, 15) is 4.79 Å². The summed E-state index contributed by atoms with van der Waals surface area (Å²) in [5.74, 6) is 0.142. The lowest BCUT2D eigenvalue weighted by Gasteiger charge is -2.04. The van der Waals surface area contributed by atoms with Gasteiger partial charge in [-0.15, -0.1) is 0 Å². The zero-order chi connectivity index (χ0) is 17.6. The van der Waals surface area contributed by atoms with Crippen molar-refractivity contribution in [1.29, 1.82) is 0 Å². The van der Waals surface area contributed by atoms with Gasteiger partial charge in [0.15, 0.2) is 0 Å². The molecule has 3 rings (SSSR count). The average Bonchev–Trinajstić information content (AvgIpc) is 2.56. The molecule has 0 saturated heterocycles. The van der Waals surface area contributed by atoms with E-state index in [1.807, 2.05) is 30.3 Å². The number of carbonyl (C=O) groups excluding carboxylic acids is 1. The maximum absolute atomic E-state index is 11.0. The lowest BCUT2D eigenvalue weighted by molar-refractivity contribution is -0.114. The zero-order valence-corrected chi connectivity index (χ0v) is 13.4. The Labute approximate surface area is 143 Å². The second-order valence-corrected chi connectivity index (χ2v) is 5.10. The molecule has 0 unspecified atom stereocenters. The molecule has 1 amide bonds. The summed E-state index contributed by atoms with van der Waals surface area (Å²) in [6.07, 6.45) is 0. The number of carbonyl (C=O) groups is 1. The number of nitrogen functional groups attached to an aromatic ring is 1. The number of nitrogens with zero attached hydrogens (tertiary/aromatic N) is 3. The minimum Gasteiger partial charge on any atom is -0.390 e. The molecular formula is C17H16N6O2. The van der Waals surface area contributed by atoms with Gasteiger partial charge in [-0.05, 0) is 36.4 Å². The topological polar surface area (TPSA) is 118 Å². The van der Waals surface area contributed by atoms with E-state index < -0.39 is 0 Å². The molecule has 0 spiro atoms. The Balaban J connectivity index is 1.86. The van der Waals surface area contributed by atoms with Gasteiger partial charge in [-0.3, -0.25) is 4.79 Å². The average molecular weight is 336 g/mol. The number of hydrogen-bond donors (Lipinski definition) is 3. The monoisotopic (exact) mass is 336 g/mol. The first-order valence-corrected chi connectivity index (χ1v) is 7.47. The van der Waals surface area contributed by atoms with Crippen molar-refractivity contribution < 1.29 is 9.21 Å². The van der Waals surface area contributed by atoms with E-state index in [0.717, 1.165) is 5.69 Å². The van der Waals surface area contributed by atoms with E-state index in [1.165, 1.54) is 6.92 Å². The van der Waals surface area contributed by atoms with Crippen LogP contribution in [-0.4, -0.2) is 15.9 Å². The second kappa shape index (κ2) is 7.26. The number of nitrogens with two attached hydrogens (primary N) is 1. The van der Waals surface area contributed by atoms with Crippen LogP contribution in [0, 0.1) is 0 Å². The van der Waals surface area contributed by atoms with Crippen LogP contribution in [0.2, 0.25) is 0 Å². The molecule has 1 heterocycles. The Morgan fingerprint density at radius 2 is 1.76 bits per heavy atom. The molecule has 0 atom stereocenters. The maximum Gasteiger partial charge on any atom is 0.328 e. The fourth-order valence-corrected chi connectivity index (χ4v) is 2.05. The van der Waals surface area contributed by atoms with Gasteiger partial charge in [0.05, 0.1) is 5.69 Å². The molecular weight excluding hydrogens is 320 g/mol. The van der Waals surface area contributed by atoms with Crippen molar-refractivity contribution in [2.75, 3.05) is 16.4 Å². The van der Waals surface area contributed by atoms with Gasteiger partial charge in [-0.2, -0.15) is 15.0 Å². The lowest BCUT2D eigenvalue weighted by Crippen LogP contribution is -2.13. The van der Waals surface area contributed by atoms with Crippen LogP contribution in [0.3, 0.4) is 0 Å². The highest BCUT2D eigenvalue weighted by Gasteiger charge is 2.02. The van der Waals surface area contributed by atoms with Gasteiger partial charge < -0.3 is 20.8 Å². The predicted octanol–water partition coefficient (Wildman–Crippen LogP) is 2.59. The lowest BCUT2D eigenvalue weighted by atomic mass is 10.3. The number of amides is 1. The molecule has 0 radical (unpaired) electrons. The van der Waals surface area contributed by atoms with E-state index in [0.29, 0.717) is 11.4 Å². The molecule has 0 aliphatic carbocycles. The molecule has 3 aromatic rings. The van der Waals surface area contributed by atoms with Crippen LogP contribution >= 0.6 is 0 Å². The Kier molecular flexibility index (Phi) is 4.70. The van der Waals surface area contributed by atoms with Gasteiger partial charge in [0.2, 0.25) is 11.9 Å². The number of para-hydroxylation sites is 1. The Hall–Kier alpha value is -3.68. The fourth-order valence-electron chi connectivity index (χ4n) is 2.05. The number of hydrogen-bond acceptors (Lipinski definition) is 7. The second-order valence-electron chi connectivity index (χ2n) is 5.10. The van der Waals surface area contributed by atoms with Crippen molar-refractivity contribution in [1.82, 2.24) is 9.97 Å². The zero-order valence-electron chi connectivity index (χ0n) is 13.4. The maximum atomic E-state index is 11.0. The van der Waals surface area contributed by atoms with Crippen LogP contribution in [-0.2, 0) is 4.79 Å². The Morgan fingerprint density at radius 3 is 2.44 bits per heavy atom. The molecule has 0 saturated carbocycles. The summed E-state index contributed by atoms with van der Waals surface area (Å²) in [7, 11) is 0. The summed E-state index contributed by atoms with van der Waals surface area (Å²) in [4.78, 5) is 23.5. The SMILES string of the molecule is CC(=O)Nc1ccc(N=c2nc(Nc3ccccc3)nc(N)o2)cc1. The summed E-state index contributed by atoms with van der Waals surface area (Å²) in [5, 5.41) is 5.71. The summed E-state index contributed by atoms with van der Waals surface area (Å²) in [6, 6.07) is 16.3. The highest BCUT2D eigenvalue weighted by atomic mass is 16.4. The third-order valence-corrected chi connectivity index (χ3v) is 3.06. The van der Waals surface area contributed by atoms with Gasteiger partial charge in [-0.1, -0.05) is 18.2 Å². The first-order chi connectivity index (χ1) is 12.1. The number of nitrogens with one attached hydrogen (secondary N) is 2. The molecule has 0 bridgehead atoms. The minimum atomic E-state index is -0.139. The number of benzene rings is 2. The third-order valence-electron chi connectivity index (χ3n) is 3.06. The summed E-state index contributed by atoms with van der Waals surface area (Å²) >= 11 is 0. The van der Waals surface area contributed by atoms with Crippen molar-refractivity contribution in [3.8, 4) is 0 Å². The Bertz CT molecular complexity index is 935. The first kappa shape index (κ1) is 16.2. The van der Waals surface area contributed by atoms with E-state index in [-0.39, 0.29) is 23.6 Å². The van der Waals surface area contributed by atoms with E-state index >= 15 is 0 Å². The smallest absolute Gasteiger partial charge is 0.328 e. The highest BCUT2D eigenvalue weighted by molar-refractivity contribution is 5.88. The van der Waals surface area contributed by atoms with Crippen molar-refractivity contribution in [3.05, 3.63) is 60.3 Å². The molecule has 0 aliphatic rings. The third kappa shape index (κ3) is 4.64. The van der Waals surface area contributed by atoms with Crippen LogP contribution in [0.5, 0.6) is 0 Å². The highest BCUT2D eigenvalue weighted by Crippen LogP contribution is 2.16. The summed E-state index contributed by atoms with van der Waals surface area (Å²) in [5.41, 5.74) is 7.84.